The molecule has 0 saturated carbocycles. The fourth-order valence-corrected chi connectivity index (χ4v) is 2.74. The molecule has 1 unspecified atom stereocenters. The first kappa shape index (κ1) is 11.8. The summed E-state index contributed by atoms with van der Waals surface area (Å²) in [4.78, 5) is 4.05. The predicted octanol–water partition coefficient (Wildman–Crippen LogP) is 2.07. The Bertz CT molecular complexity index is 537. The van der Waals surface area contributed by atoms with E-state index in [4.69, 9.17) is 0 Å². The average molecular weight is 243 g/mol. The number of hydrogen-bond donors (Lipinski definition) is 1. The molecule has 2 rings (SSSR count). The van der Waals surface area contributed by atoms with Gasteiger partial charge in [0.05, 0.1) is 0 Å². The molecule has 0 radical (unpaired) electrons. The minimum absolute atomic E-state index is 0.356. The van der Waals surface area contributed by atoms with Gasteiger partial charge in [0, 0.05) is 18.6 Å². The maximum absolute atomic E-state index is 9.77. The second-order valence-electron chi connectivity index (χ2n) is 3.62. The van der Waals surface area contributed by atoms with Gasteiger partial charge in [-0.3, -0.25) is 4.99 Å². The lowest BCUT2D eigenvalue weighted by molar-refractivity contribution is 0.480. The number of benzene rings is 2. The molecular formula is C14H14NOP. The van der Waals surface area contributed by atoms with Crippen molar-refractivity contribution in [1.29, 1.82) is 0 Å². The molecule has 0 heterocycles. The van der Waals surface area contributed by atoms with Crippen molar-refractivity contribution in [2.24, 2.45) is 4.99 Å². The van der Waals surface area contributed by atoms with Gasteiger partial charge in [0.15, 0.2) is 0 Å². The first-order chi connectivity index (χ1) is 8.31. The Morgan fingerprint density at radius 3 is 2.35 bits per heavy atom. The van der Waals surface area contributed by atoms with E-state index in [-0.39, 0.29) is 0 Å². The normalized spacial score (nSPS) is 11.6. The van der Waals surface area contributed by atoms with E-state index in [1.165, 1.54) is 5.30 Å². The van der Waals surface area contributed by atoms with Crippen molar-refractivity contribution in [1.82, 2.24) is 0 Å². The number of phenolic OH excluding ortho intramolecular Hbond substituents is 1. The van der Waals surface area contributed by atoms with E-state index in [2.05, 4.69) is 11.1 Å². The largest absolute Gasteiger partial charge is 0.507 e. The summed E-state index contributed by atoms with van der Waals surface area (Å²) in [6.07, 6.45) is 1.85. The molecule has 0 aliphatic heterocycles. The molecular weight excluding hydrogens is 229 g/mol. The van der Waals surface area contributed by atoms with E-state index in [1.807, 2.05) is 42.6 Å². The highest BCUT2D eigenvalue weighted by Crippen LogP contribution is 2.18. The van der Waals surface area contributed by atoms with Crippen molar-refractivity contribution in [2.45, 2.75) is 0 Å². The van der Waals surface area contributed by atoms with Gasteiger partial charge in [-0.05, 0) is 16.9 Å². The smallest absolute Gasteiger partial charge is 0.123 e. The van der Waals surface area contributed by atoms with Crippen LogP contribution in [0, 0.1) is 0 Å². The molecule has 0 aromatic heterocycles. The highest BCUT2D eigenvalue weighted by molar-refractivity contribution is 7.56. The van der Waals surface area contributed by atoms with Crippen LogP contribution in [0.15, 0.2) is 53.5 Å². The van der Waals surface area contributed by atoms with Crippen molar-refractivity contribution in [3.8, 4) is 5.75 Å². The Labute approximate surface area is 103 Å². The lowest BCUT2D eigenvalue weighted by atomic mass is 10.2. The fourth-order valence-electron chi connectivity index (χ4n) is 1.59. The molecule has 0 amide bonds. The Hall–Kier alpha value is -1.66. The third-order valence-electron chi connectivity index (χ3n) is 2.40. The molecule has 17 heavy (non-hydrogen) atoms. The van der Waals surface area contributed by atoms with Crippen molar-refractivity contribution in [3.63, 3.8) is 0 Å². The summed E-state index contributed by atoms with van der Waals surface area (Å²) in [5.41, 5.74) is 1.11. The quantitative estimate of drug-likeness (QED) is 0.649. The lowest BCUT2D eigenvalue weighted by Crippen LogP contribution is -2.08. The number of phenols is 1. The molecule has 0 aliphatic rings. The molecule has 2 nitrogen and oxygen atoms in total. The zero-order valence-electron chi connectivity index (χ0n) is 9.59. The van der Waals surface area contributed by atoms with E-state index < -0.39 is 0 Å². The van der Waals surface area contributed by atoms with E-state index in [0.717, 1.165) is 10.9 Å². The van der Waals surface area contributed by atoms with Crippen LogP contribution in [0.1, 0.15) is 5.56 Å². The highest BCUT2D eigenvalue weighted by Gasteiger charge is 2.04. The third-order valence-corrected chi connectivity index (χ3v) is 3.82. The van der Waals surface area contributed by atoms with Gasteiger partial charge in [0.2, 0.25) is 0 Å². The second kappa shape index (κ2) is 5.60. The summed E-state index contributed by atoms with van der Waals surface area (Å²) in [5, 5.41) is 11.9. The van der Waals surface area contributed by atoms with Gasteiger partial charge in [-0.1, -0.05) is 51.0 Å². The van der Waals surface area contributed by atoms with Gasteiger partial charge >= 0.3 is 0 Å². The Kier molecular flexibility index (Phi) is 3.89. The minimum Gasteiger partial charge on any atom is -0.507 e. The monoisotopic (exact) mass is 243 g/mol. The molecule has 2 aromatic rings. The second-order valence-corrected chi connectivity index (χ2v) is 4.94. The number of rotatable bonds is 3. The SMILES string of the molecule is CN=Cc1ccccc1Pc1ccccc1O. The molecule has 0 aliphatic carbocycles. The summed E-state index contributed by atoms with van der Waals surface area (Å²) in [6, 6.07) is 15.6. The van der Waals surface area contributed by atoms with Gasteiger partial charge in [-0.15, -0.1) is 0 Å². The molecule has 0 bridgehead atoms. The number of aromatic hydroxyl groups is 1. The molecule has 1 atom stereocenters. The summed E-state index contributed by atoms with van der Waals surface area (Å²) < 4.78 is 0. The van der Waals surface area contributed by atoms with E-state index in [0.29, 0.717) is 14.3 Å². The molecule has 3 heteroatoms. The van der Waals surface area contributed by atoms with Crippen molar-refractivity contribution < 1.29 is 5.11 Å². The van der Waals surface area contributed by atoms with Gasteiger partial charge in [0.1, 0.15) is 5.75 Å². The Balaban J connectivity index is 2.33. The summed E-state index contributed by atoms with van der Waals surface area (Å²) in [5.74, 6) is 0.356. The van der Waals surface area contributed by atoms with Gasteiger partial charge in [-0.25, -0.2) is 0 Å². The van der Waals surface area contributed by atoms with Crippen LogP contribution in [-0.4, -0.2) is 18.4 Å². The maximum Gasteiger partial charge on any atom is 0.123 e. The fraction of sp³-hybridized carbons (Fsp3) is 0.0714. The molecule has 1 N–H and O–H groups in total. The molecule has 0 saturated heterocycles. The molecule has 86 valence electrons. The van der Waals surface area contributed by atoms with Crippen LogP contribution in [0.25, 0.3) is 0 Å². The van der Waals surface area contributed by atoms with Crippen LogP contribution < -0.4 is 10.6 Å². The van der Waals surface area contributed by atoms with Crippen LogP contribution in [0.4, 0.5) is 0 Å². The maximum atomic E-state index is 9.77. The predicted molar refractivity (Wildman–Crippen MR) is 75.6 cm³/mol. The number of hydrogen-bond acceptors (Lipinski definition) is 2. The van der Waals surface area contributed by atoms with Crippen LogP contribution in [-0.2, 0) is 0 Å². The number of nitrogens with zero attached hydrogens (tertiary/aromatic N) is 1. The van der Waals surface area contributed by atoms with Crippen LogP contribution >= 0.6 is 8.58 Å². The summed E-state index contributed by atoms with van der Waals surface area (Å²) in [6.45, 7) is 0. The summed E-state index contributed by atoms with van der Waals surface area (Å²) >= 11 is 0. The number of aliphatic imine (C=N–C) groups is 1. The zero-order valence-corrected chi connectivity index (χ0v) is 10.6. The molecule has 0 fully saturated rings. The average Bonchev–Trinajstić information content (AvgIpc) is 2.35. The summed E-state index contributed by atoms with van der Waals surface area (Å²) in [7, 11) is 2.21. The first-order valence-electron chi connectivity index (χ1n) is 5.37. The molecule has 2 aromatic carbocycles. The van der Waals surface area contributed by atoms with Crippen LogP contribution in [0.2, 0.25) is 0 Å². The third kappa shape index (κ3) is 2.92. The van der Waals surface area contributed by atoms with Gasteiger partial charge in [-0.2, -0.15) is 0 Å². The zero-order chi connectivity index (χ0) is 12.1. The van der Waals surface area contributed by atoms with E-state index >= 15 is 0 Å². The lowest BCUT2D eigenvalue weighted by Gasteiger charge is -2.07. The minimum atomic E-state index is 0.356. The van der Waals surface area contributed by atoms with E-state index in [1.54, 1.807) is 13.1 Å². The first-order valence-corrected chi connectivity index (χ1v) is 6.37. The van der Waals surface area contributed by atoms with Crippen LogP contribution in [0.3, 0.4) is 0 Å². The highest BCUT2D eigenvalue weighted by atomic mass is 31.1. The van der Waals surface area contributed by atoms with E-state index in [9.17, 15) is 5.11 Å². The van der Waals surface area contributed by atoms with Crippen molar-refractivity contribution in [2.75, 3.05) is 7.05 Å². The van der Waals surface area contributed by atoms with Crippen LogP contribution in [0.5, 0.6) is 5.75 Å². The molecule has 0 spiro atoms. The van der Waals surface area contributed by atoms with Crippen molar-refractivity contribution >= 4 is 25.4 Å². The van der Waals surface area contributed by atoms with Gasteiger partial charge in [0.25, 0.3) is 0 Å². The van der Waals surface area contributed by atoms with Crippen molar-refractivity contribution in [3.05, 3.63) is 54.1 Å². The number of para-hydroxylation sites is 1. The Morgan fingerprint density at radius 1 is 1.00 bits per heavy atom. The topological polar surface area (TPSA) is 32.6 Å². The Morgan fingerprint density at radius 2 is 1.65 bits per heavy atom. The standard InChI is InChI=1S/C14H14NOP/c1-15-10-11-6-2-4-8-13(11)17-14-9-5-3-7-12(14)16/h2-10,16-17H,1H3. The van der Waals surface area contributed by atoms with Gasteiger partial charge < -0.3 is 5.11 Å².